The third kappa shape index (κ3) is 1.88. The molecule has 4 unspecified atom stereocenters. The van der Waals surface area contributed by atoms with Gasteiger partial charge in [0.25, 0.3) is 0 Å². The SMILES string of the molecule is O=[N+]([O-])c1cncn1C1OC(CF)C(O)C1O. The van der Waals surface area contributed by atoms with Crippen LogP contribution in [0, 0.1) is 10.1 Å². The first-order chi connectivity index (χ1) is 8.06. The number of aromatic nitrogens is 2. The summed E-state index contributed by atoms with van der Waals surface area (Å²) in [7, 11) is 0. The third-order valence-electron chi connectivity index (χ3n) is 2.60. The van der Waals surface area contributed by atoms with E-state index in [1.165, 1.54) is 0 Å². The maximum Gasteiger partial charge on any atom is 0.344 e. The van der Waals surface area contributed by atoms with E-state index in [1.54, 1.807) is 0 Å². The van der Waals surface area contributed by atoms with Gasteiger partial charge in [0.15, 0.2) is 6.33 Å². The molecule has 94 valence electrons. The second-order valence-corrected chi connectivity index (χ2v) is 3.62. The van der Waals surface area contributed by atoms with Crippen molar-refractivity contribution in [2.24, 2.45) is 0 Å². The van der Waals surface area contributed by atoms with Gasteiger partial charge in [0, 0.05) is 0 Å². The topological polar surface area (TPSA) is 111 Å². The third-order valence-corrected chi connectivity index (χ3v) is 2.60. The van der Waals surface area contributed by atoms with Crippen LogP contribution in [0.1, 0.15) is 6.23 Å². The monoisotopic (exact) mass is 247 g/mol. The fourth-order valence-corrected chi connectivity index (χ4v) is 1.72. The van der Waals surface area contributed by atoms with Crippen molar-refractivity contribution < 1.29 is 24.3 Å². The molecule has 9 heteroatoms. The Morgan fingerprint density at radius 3 is 2.82 bits per heavy atom. The predicted molar refractivity (Wildman–Crippen MR) is 50.8 cm³/mol. The Balaban J connectivity index is 2.29. The Kier molecular flexibility index (Phi) is 3.05. The first-order valence-corrected chi connectivity index (χ1v) is 4.80. The maximum absolute atomic E-state index is 12.4. The molecule has 0 radical (unpaired) electrons. The van der Waals surface area contributed by atoms with Crippen molar-refractivity contribution in [1.29, 1.82) is 0 Å². The summed E-state index contributed by atoms with van der Waals surface area (Å²) in [5.74, 6) is -0.402. The van der Waals surface area contributed by atoms with Crippen LogP contribution in [0.2, 0.25) is 0 Å². The molecule has 1 aromatic rings. The van der Waals surface area contributed by atoms with Crippen molar-refractivity contribution in [3.8, 4) is 0 Å². The summed E-state index contributed by atoms with van der Waals surface area (Å²) in [6.45, 7) is -0.989. The summed E-state index contributed by atoms with van der Waals surface area (Å²) in [4.78, 5) is 13.5. The number of halogens is 1. The fraction of sp³-hybridized carbons (Fsp3) is 0.625. The van der Waals surface area contributed by atoms with Gasteiger partial charge in [0.2, 0.25) is 6.23 Å². The quantitative estimate of drug-likeness (QED) is 0.544. The minimum absolute atomic E-state index is 0.402. The number of nitro groups is 1. The largest absolute Gasteiger partial charge is 0.387 e. The van der Waals surface area contributed by atoms with Crippen molar-refractivity contribution in [3.05, 3.63) is 22.6 Å². The van der Waals surface area contributed by atoms with E-state index in [0.717, 1.165) is 17.1 Å². The van der Waals surface area contributed by atoms with Gasteiger partial charge in [0.1, 0.15) is 31.2 Å². The van der Waals surface area contributed by atoms with Crippen LogP contribution in [0.25, 0.3) is 0 Å². The number of aliphatic hydroxyl groups excluding tert-OH is 2. The van der Waals surface area contributed by atoms with Crippen molar-refractivity contribution in [2.45, 2.75) is 24.5 Å². The van der Waals surface area contributed by atoms with Gasteiger partial charge < -0.3 is 25.1 Å². The van der Waals surface area contributed by atoms with E-state index in [-0.39, 0.29) is 0 Å². The van der Waals surface area contributed by atoms with E-state index in [0.29, 0.717) is 0 Å². The van der Waals surface area contributed by atoms with E-state index < -0.39 is 42.0 Å². The molecule has 2 rings (SSSR count). The number of alkyl halides is 1. The molecule has 0 bridgehead atoms. The second-order valence-electron chi connectivity index (χ2n) is 3.62. The lowest BCUT2D eigenvalue weighted by Gasteiger charge is -2.12. The molecule has 0 aliphatic carbocycles. The number of ether oxygens (including phenoxy) is 1. The predicted octanol–water partition coefficient (Wildman–Crippen LogP) is -0.620. The van der Waals surface area contributed by atoms with Gasteiger partial charge in [-0.25, -0.2) is 9.37 Å². The number of hydrogen-bond acceptors (Lipinski definition) is 6. The number of hydrogen-bond donors (Lipinski definition) is 2. The van der Waals surface area contributed by atoms with E-state index in [1.807, 2.05) is 0 Å². The summed E-state index contributed by atoms with van der Waals surface area (Å²) < 4.78 is 18.4. The molecular formula is C8H10FN3O5. The van der Waals surface area contributed by atoms with E-state index >= 15 is 0 Å². The van der Waals surface area contributed by atoms with E-state index in [2.05, 4.69) is 4.98 Å². The molecule has 1 aliphatic heterocycles. The maximum atomic E-state index is 12.4. The minimum atomic E-state index is -1.44. The Labute approximate surface area is 94.4 Å². The normalized spacial score (nSPS) is 32.9. The summed E-state index contributed by atoms with van der Waals surface area (Å²) in [5, 5.41) is 29.7. The van der Waals surface area contributed by atoms with Gasteiger partial charge in [-0.05, 0) is 4.92 Å². The van der Waals surface area contributed by atoms with Crippen molar-refractivity contribution in [1.82, 2.24) is 9.55 Å². The summed E-state index contributed by atoms with van der Waals surface area (Å²) in [5.41, 5.74) is 0. The molecule has 4 atom stereocenters. The zero-order valence-electron chi connectivity index (χ0n) is 8.51. The lowest BCUT2D eigenvalue weighted by Crippen LogP contribution is -2.32. The first-order valence-electron chi connectivity index (χ1n) is 4.80. The number of nitrogens with zero attached hydrogens (tertiary/aromatic N) is 3. The van der Waals surface area contributed by atoms with Crippen LogP contribution >= 0.6 is 0 Å². The van der Waals surface area contributed by atoms with Gasteiger partial charge in [0.05, 0.1) is 0 Å². The number of rotatable bonds is 3. The van der Waals surface area contributed by atoms with Crippen molar-refractivity contribution >= 4 is 5.82 Å². The average Bonchev–Trinajstić information content (AvgIpc) is 2.86. The highest BCUT2D eigenvalue weighted by Crippen LogP contribution is 2.32. The van der Waals surface area contributed by atoms with Gasteiger partial charge in [-0.3, -0.25) is 0 Å². The Bertz CT molecular complexity index is 425. The smallest absolute Gasteiger partial charge is 0.344 e. The second kappa shape index (κ2) is 4.35. The highest BCUT2D eigenvalue weighted by atomic mass is 19.1. The Morgan fingerprint density at radius 2 is 2.29 bits per heavy atom. The van der Waals surface area contributed by atoms with Gasteiger partial charge >= 0.3 is 5.82 Å². The van der Waals surface area contributed by atoms with Crippen molar-refractivity contribution in [3.63, 3.8) is 0 Å². The first kappa shape index (κ1) is 11.9. The molecule has 0 spiro atoms. The molecule has 0 saturated carbocycles. The van der Waals surface area contributed by atoms with Gasteiger partial charge in [-0.1, -0.05) is 0 Å². The summed E-state index contributed by atoms with van der Waals surface area (Å²) in [6, 6.07) is 0. The molecule has 2 N–H and O–H groups in total. The van der Waals surface area contributed by atoms with Crippen LogP contribution in [-0.4, -0.2) is 49.7 Å². The molecule has 0 amide bonds. The fourth-order valence-electron chi connectivity index (χ4n) is 1.72. The van der Waals surface area contributed by atoms with Gasteiger partial charge in [-0.15, -0.1) is 0 Å². The molecule has 1 saturated heterocycles. The molecule has 2 heterocycles. The molecule has 17 heavy (non-hydrogen) atoms. The van der Waals surface area contributed by atoms with Crippen LogP contribution in [0.3, 0.4) is 0 Å². The molecule has 0 aromatic carbocycles. The van der Waals surface area contributed by atoms with Crippen LogP contribution in [0.15, 0.2) is 12.5 Å². The standard InChI is InChI=1S/C8H10FN3O5/c9-1-4-6(13)7(14)8(17-4)11-3-10-2-5(11)12(15)16/h2-4,6-8,13-14H,1H2. The highest BCUT2D eigenvalue weighted by molar-refractivity contribution is 5.16. The average molecular weight is 247 g/mol. The van der Waals surface area contributed by atoms with Crippen LogP contribution in [-0.2, 0) is 4.74 Å². The molecule has 1 aliphatic rings. The van der Waals surface area contributed by atoms with Gasteiger partial charge in [-0.2, -0.15) is 4.57 Å². The zero-order chi connectivity index (χ0) is 12.6. The minimum Gasteiger partial charge on any atom is -0.387 e. The van der Waals surface area contributed by atoms with Crippen LogP contribution in [0.4, 0.5) is 10.2 Å². The lowest BCUT2D eigenvalue weighted by molar-refractivity contribution is -0.394. The van der Waals surface area contributed by atoms with E-state index in [4.69, 9.17) is 4.74 Å². The summed E-state index contributed by atoms with van der Waals surface area (Å²) >= 11 is 0. The highest BCUT2D eigenvalue weighted by Gasteiger charge is 2.47. The molecule has 8 nitrogen and oxygen atoms in total. The van der Waals surface area contributed by atoms with Crippen LogP contribution < -0.4 is 0 Å². The Morgan fingerprint density at radius 1 is 1.59 bits per heavy atom. The Hall–Kier alpha value is -1.58. The molecule has 1 aromatic heterocycles. The molecule has 1 fully saturated rings. The van der Waals surface area contributed by atoms with Crippen molar-refractivity contribution in [2.75, 3.05) is 6.67 Å². The number of aliphatic hydroxyl groups is 2. The lowest BCUT2D eigenvalue weighted by atomic mass is 10.1. The molecular weight excluding hydrogens is 237 g/mol. The zero-order valence-corrected chi connectivity index (χ0v) is 8.51. The van der Waals surface area contributed by atoms with E-state index in [9.17, 15) is 24.7 Å². The summed E-state index contributed by atoms with van der Waals surface area (Å²) in [6.07, 6.45) is -3.22. The number of imidazole rings is 1. The van der Waals surface area contributed by atoms with Crippen LogP contribution in [0.5, 0.6) is 0 Å².